The van der Waals surface area contributed by atoms with E-state index >= 15 is 0 Å². The van der Waals surface area contributed by atoms with Crippen LogP contribution < -0.4 is 10.1 Å². The Morgan fingerprint density at radius 1 is 1.24 bits per heavy atom. The van der Waals surface area contributed by atoms with Crippen LogP contribution in [0.1, 0.15) is 10.4 Å². The minimum atomic E-state index is -0.440. The highest BCUT2D eigenvalue weighted by Gasteiger charge is 2.12. The lowest BCUT2D eigenvalue weighted by Gasteiger charge is -2.04. The molecule has 0 aliphatic carbocycles. The van der Waals surface area contributed by atoms with Crippen molar-refractivity contribution in [2.45, 2.75) is 4.34 Å². The van der Waals surface area contributed by atoms with Crippen LogP contribution in [-0.4, -0.2) is 29.7 Å². The lowest BCUT2D eigenvalue weighted by molar-refractivity contribution is -0.117. The highest BCUT2D eigenvalue weighted by molar-refractivity contribution is 8.01. The van der Waals surface area contributed by atoms with Crippen LogP contribution in [0.5, 0.6) is 5.75 Å². The van der Waals surface area contributed by atoms with Crippen LogP contribution in [0.2, 0.25) is 5.02 Å². The molecule has 0 saturated carbocycles. The van der Waals surface area contributed by atoms with Crippen LogP contribution >= 0.6 is 34.7 Å². The molecule has 3 rings (SSSR count). The first-order valence-electron chi connectivity index (χ1n) is 7.22. The van der Waals surface area contributed by atoms with Crippen LogP contribution in [0.3, 0.4) is 0 Å². The number of thiazole rings is 1. The molecule has 0 bridgehead atoms. The minimum Gasteiger partial charge on any atom is -0.497 e. The number of halogens is 1. The van der Waals surface area contributed by atoms with E-state index in [0.717, 1.165) is 14.6 Å². The molecular formula is C17H13ClN2O3S2. The van der Waals surface area contributed by atoms with E-state index < -0.39 is 5.91 Å². The third kappa shape index (κ3) is 4.50. The summed E-state index contributed by atoms with van der Waals surface area (Å²) in [6, 6.07) is 12.0. The van der Waals surface area contributed by atoms with Gasteiger partial charge in [0.15, 0.2) is 4.34 Å². The SMILES string of the molecule is COc1ccc(C(=O)NC(=O)CSc2nc3cc(Cl)ccc3s2)cc1. The molecule has 0 aliphatic heterocycles. The van der Waals surface area contributed by atoms with Crippen LogP contribution in [-0.2, 0) is 4.79 Å². The van der Waals surface area contributed by atoms with Gasteiger partial charge in [-0.1, -0.05) is 23.4 Å². The van der Waals surface area contributed by atoms with Crippen molar-refractivity contribution in [2.75, 3.05) is 12.9 Å². The molecule has 128 valence electrons. The number of nitrogens with zero attached hydrogens (tertiary/aromatic N) is 1. The second-order valence-electron chi connectivity index (χ2n) is 4.99. The molecule has 8 heteroatoms. The molecule has 0 fully saturated rings. The van der Waals surface area contributed by atoms with Gasteiger partial charge in [0.05, 0.1) is 23.1 Å². The number of fused-ring (bicyclic) bond motifs is 1. The maximum absolute atomic E-state index is 12.0. The van der Waals surface area contributed by atoms with Gasteiger partial charge in [0, 0.05) is 10.6 Å². The average molecular weight is 393 g/mol. The van der Waals surface area contributed by atoms with Gasteiger partial charge in [0.1, 0.15) is 5.75 Å². The molecule has 0 saturated heterocycles. The summed E-state index contributed by atoms with van der Waals surface area (Å²) in [5, 5.41) is 2.99. The first kappa shape index (κ1) is 17.7. The summed E-state index contributed by atoms with van der Waals surface area (Å²) in [6.45, 7) is 0. The number of rotatable bonds is 5. The van der Waals surface area contributed by atoms with Crippen LogP contribution in [0.4, 0.5) is 0 Å². The number of aromatic nitrogens is 1. The fourth-order valence-corrected chi connectivity index (χ4v) is 4.06. The van der Waals surface area contributed by atoms with Gasteiger partial charge in [0.2, 0.25) is 5.91 Å². The van der Waals surface area contributed by atoms with Crippen molar-refractivity contribution in [3.63, 3.8) is 0 Å². The number of methoxy groups -OCH3 is 1. The maximum Gasteiger partial charge on any atom is 0.257 e. The van der Waals surface area contributed by atoms with Crippen molar-refractivity contribution in [2.24, 2.45) is 0 Å². The van der Waals surface area contributed by atoms with E-state index in [2.05, 4.69) is 10.3 Å². The number of ether oxygens (including phenoxy) is 1. The van der Waals surface area contributed by atoms with E-state index in [9.17, 15) is 9.59 Å². The largest absolute Gasteiger partial charge is 0.497 e. The van der Waals surface area contributed by atoms with Crippen molar-refractivity contribution in [1.82, 2.24) is 10.3 Å². The van der Waals surface area contributed by atoms with Gasteiger partial charge in [-0.2, -0.15) is 0 Å². The van der Waals surface area contributed by atoms with Gasteiger partial charge in [0.25, 0.3) is 5.91 Å². The number of hydrogen-bond acceptors (Lipinski definition) is 6. The third-order valence-corrected chi connectivity index (χ3v) is 5.68. The Morgan fingerprint density at radius 2 is 2.00 bits per heavy atom. The number of benzene rings is 2. The number of thioether (sulfide) groups is 1. The first-order chi connectivity index (χ1) is 12.0. The molecule has 1 N–H and O–H groups in total. The summed E-state index contributed by atoms with van der Waals surface area (Å²) in [6.07, 6.45) is 0. The topological polar surface area (TPSA) is 68.3 Å². The number of nitrogens with one attached hydrogen (secondary N) is 1. The maximum atomic E-state index is 12.0. The van der Waals surface area contributed by atoms with Crippen molar-refractivity contribution in [3.8, 4) is 5.75 Å². The van der Waals surface area contributed by atoms with Crippen molar-refractivity contribution in [1.29, 1.82) is 0 Å². The summed E-state index contributed by atoms with van der Waals surface area (Å²) in [5.74, 6) is -0.0584. The number of carbonyl (C=O) groups excluding carboxylic acids is 2. The summed E-state index contributed by atoms with van der Waals surface area (Å²) in [4.78, 5) is 28.4. The average Bonchev–Trinajstić information content (AvgIpc) is 3.02. The third-order valence-electron chi connectivity index (χ3n) is 3.26. The standard InChI is InChI=1S/C17H13ClN2O3S2/c1-23-12-5-2-10(3-6-12)16(22)20-15(21)9-24-17-19-13-8-11(18)4-7-14(13)25-17/h2-8H,9H2,1H3,(H,20,21,22). The molecule has 0 atom stereocenters. The Balaban J connectivity index is 1.56. The fraction of sp³-hybridized carbons (Fsp3) is 0.118. The number of hydrogen-bond donors (Lipinski definition) is 1. The zero-order valence-corrected chi connectivity index (χ0v) is 15.5. The van der Waals surface area contributed by atoms with Gasteiger partial charge in [-0.25, -0.2) is 4.98 Å². The van der Waals surface area contributed by atoms with Gasteiger partial charge in [-0.3, -0.25) is 14.9 Å². The second kappa shape index (κ2) is 7.86. The van der Waals surface area contributed by atoms with Gasteiger partial charge >= 0.3 is 0 Å². The molecule has 5 nitrogen and oxygen atoms in total. The van der Waals surface area contributed by atoms with Crippen LogP contribution in [0, 0.1) is 0 Å². The molecule has 3 aromatic rings. The lowest BCUT2D eigenvalue weighted by Crippen LogP contribution is -2.31. The molecule has 0 unspecified atom stereocenters. The number of carbonyl (C=O) groups is 2. The molecular weight excluding hydrogens is 380 g/mol. The second-order valence-corrected chi connectivity index (χ2v) is 7.68. The molecule has 0 radical (unpaired) electrons. The quantitative estimate of drug-likeness (QED) is 0.664. The highest BCUT2D eigenvalue weighted by Crippen LogP contribution is 2.30. The predicted molar refractivity (Wildman–Crippen MR) is 101 cm³/mol. The highest BCUT2D eigenvalue weighted by atomic mass is 35.5. The smallest absolute Gasteiger partial charge is 0.257 e. The fourth-order valence-electron chi connectivity index (χ4n) is 2.05. The normalized spacial score (nSPS) is 10.6. The molecule has 0 spiro atoms. The summed E-state index contributed by atoms with van der Waals surface area (Å²) in [7, 11) is 1.55. The Kier molecular flexibility index (Phi) is 5.57. The lowest BCUT2D eigenvalue weighted by atomic mass is 10.2. The van der Waals surface area contributed by atoms with Gasteiger partial charge in [-0.15, -0.1) is 11.3 Å². The number of imide groups is 1. The zero-order chi connectivity index (χ0) is 17.8. The monoisotopic (exact) mass is 392 g/mol. The van der Waals surface area contributed by atoms with E-state index in [1.165, 1.54) is 23.1 Å². The van der Waals surface area contributed by atoms with Crippen molar-refractivity contribution in [3.05, 3.63) is 53.1 Å². The van der Waals surface area contributed by atoms with E-state index in [0.29, 0.717) is 16.3 Å². The molecule has 2 amide bonds. The Labute approximate surface area is 157 Å². The van der Waals surface area contributed by atoms with Gasteiger partial charge < -0.3 is 4.74 Å². The Hall–Kier alpha value is -2.09. The Bertz CT molecular complexity index is 925. The molecule has 1 heterocycles. The van der Waals surface area contributed by atoms with E-state index in [-0.39, 0.29) is 11.7 Å². The summed E-state index contributed by atoms with van der Waals surface area (Å²) >= 11 is 8.70. The first-order valence-corrected chi connectivity index (χ1v) is 9.40. The zero-order valence-electron chi connectivity index (χ0n) is 13.1. The predicted octanol–water partition coefficient (Wildman–Crippen LogP) is 4.01. The van der Waals surface area contributed by atoms with E-state index in [1.54, 1.807) is 43.5 Å². The van der Waals surface area contributed by atoms with E-state index in [4.69, 9.17) is 16.3 Å². The van der Waals surface area contributed by atoms with E-state index in [1.807, 2.05) is 6.07 Å². The molecule has 1 aromatic heterocycles. The van der Waals surface area contributed by atoms with Crippen molar-refractivity contribution < 1.29 is 14.3 Å². The minimum absolute atomic E-state index is 0.107. The van der Waals surface area contributed by atoms with Crippen molar-refractivity contribution >= 4 is 56.7 Å². The van der Waals surface area contributed by atoms with Crippen LogP contribution in [0.15, 0.2) is 46.8 Å². The summed E-state index contributed by atoms with van der Waals surface area (Å²) < 4.78 is 6.79. The van der Waals surface area contributed by atoms with Gasteiger partial charge in [-0.05, 0) is 42.5 Å². The number of amides is 2. The Morgan fingerprint density at radius 3 is 2.72 bits per heavy atom. The molecule has 25 heavy (non-hydrogen) atoms. The molecule has 2 aromatic carbocycles. The molecule has 0 aliphatic rings. The van der Waals surface area contributed by atoms with Crippen LogP contribution in [0.25, 0.3) is 10.2 Å². The summed E-state index contributed by atoms with van der Waals surface area (Å²) in [5.41, 5.74) is 1.20.